The summed E-state index contributed by atoms with van der Waals surface area (Å²) in [6.07, 6.45) is 7.45. The van der Waals surface area contributed by atoms with Crippen molar-refractivity contribution in [3.05, 3.63) is 24.5 Å². The highest BCUT2D eigenvalue weighted by molar-refractivity contribution is 7.11. The van der Waals surface area contributed by atoms with Crippen LogP contribution in [0.25, 0.3) is 11.1 Å². The fraction of sp³-hybridized carbons (Fsp3) is 0.467. The van der Waals surface area contributed by atoms with Gasteiger partial charge in [-0.05, 0) is 48.0 Å². The van der Waals surface area contributed by atoms with E-state index in [4.69, 9.17) is 5.73 Å². The maximum absolute atomic E-state index is 6.10. The molecule has 1 unspecified atom stereocenters. The molecule has 2 aromatic heterocycles. The average Bonchev–Trinajstić information content (AvgIpc) is 2.90. The number of aromatic nitrogens is 2. The van der Waals surface area contributed by atoms with Gasteiger partial charge in [0, 0.05) is 25.5 Å². The Morgan fingerprint density at radius 1 is 1.40 bits per heavy atom. The third-order valence-electron chi connectivity index (χ3n) is 4.05. The van der Waals surface area contributed by atoms with Crippen molar-refractivity contribution < 1.29 is 0 Å². The zero-order valence-corrected chi connectivity index (χ0v) is 12.6. The summed E-state index contributed by atoms with van der Waals surface area (Å²) in [5, 5.41) is 1.21. The van der Waals surface area contributed by atoms with Crippen LogP contribution < -0.4 is 10.6 Å². The molecule has 1 fully saturated rings. The first-order valence-corrected chi connectivity index (χ1v) is 7.97. The molecule has 0 bridgehead atoms. The molecule has 20 heavy (non-hydrogen) atoms. The smallest absolute Gasteiger partial charge is 0.147 e. The van der Waals surface area contributed by atoms with Crippen molar-refractivity contribution in [2.45, 2.75) is 26.2 Å². The molecule has 2 aromatic rings. The van der Waals surface area contributed by atoms with E-state index >= 15 is 0 Å². The number of anilines is 2. The molecular formula is C15H20N4S. The van der Waals surface area contributed by atoms with E-state index in [0.717, 1.165) is 30.1 Å². The van der Waals surface area contributed by atoms with Crippen molar-refractivity contribution in [2.24, 2.45) is 5.92 Å². The van der Waals surface area contributed by atoms with E-state index in [2.05, 4.69) is 21.2 Å². The molecular weight excluding hydrogens is 268 g/mol. The Bertz CT molecular complexity index is 567. The summed E-state index contributed by atoms with van der Waals surface area (Å²) in [4.78, 5) is 6.54. The van der Waals surface area contributed by atoms with Crippen LogP contribution in [0, 0.1) is 5.92 Å². The predicted molar refractivity (Wildman–Crippen MR) is 85.0 cm³/mol. The van der Waals surface area contributed by atoms with E-state index in [1.807, 2.05) is 12.1 Å². The largest absolute Gasteiger partial charge is 0.382 e. The molecule has 1 aliphatic heterocycles. The van der Waals surface area contributed by atoms with Gasteiger partial charge in [-0.15, -0.1) is 0 Å². The summed E-state index contributed by atoms with van der Waals surface area (Å²) in [6.45, 7) is 4.51. The highest BCUT2D eigenvalue weighted by atomic mass is 32.1. The first-order valence-electron chi connectivity index (χ1n) is 7.20. The maximum atomic E-state index is 6.10. The standard InChI is InChI=1S/C15H20N4S/c1-2-11-4-3-9-19(10-11)15-13(14(16)18-20-15)12-5-7-17-8-6-12/h5-8,11H,2-4,9-10H2,1H3,(H2,16,18). The number of piperidine rings is 1. The molecule has 1 aliphatic rings. The summed E-state index contributed by atoms with van der Waals surface area (Å²) in [5.41, 5.74) is 8.29. The van der Waals surface area contributed by atoms with Gasteiger partial charge < -0.3 is 10.6 Å². The molecule has 0 amide bonds. The number of hydrogen-bond acceptors (Lipinski definition) is 5. The molecule has 0 aliphatic carbocycles. The van der Waals surface area contributed by atoms with Crippen molar-refractivity contribution in [1.29, 1.82) is 0 Å². The molecule has 2 N–H and O–H groups in total. The summed E-state index contributed by atoms with van der Waals surface area (Å²) < 4.78 is 4.38. The number of nitrogens with zero attached hydrogens (tertiary/aromatic N) is 3. The first kappa shape index (κ1) is 13.4. The maximum Gasteiger partial charge on any atom is 0.147 e. The van der Waals surface area contributed by atoms with Crippen LogP contribution in [0.2, 0.25) is 0 Å². The highest BCUT2D eigenvalue weighted by Crippen LogP contribution is 2.40. The van der Waals surface area contributed by atoms with Gasteiger partial charge in [-0.2, -0.15) is 4.37 Å². The van der Waals surface area contributed by atoms with Crippen LogP contribution in [0.15, 0.2) is 24.5 Å². The minimum Gasteiger partial charge on any atom is -0.382 e. The minimum absolute atomic E-state index is 0.634. The average molecular weight is 288 g/mol. The van der Waals surface area contributed by atoms with Crippen LogP contribution in [-0.2, 0) is 0 Å². The van der Waals surface area contributed by atoms with Gasteiger partial charge in [0.05, 0.1) is 5.56 Å². The zero-order valence-electron chi connectivity index (χ0n) is 11.7. The minimum atomic E-state index is 0.634. The van der Waals surface area contributed by atoms with Gasteiger partial charge in [0.1, 0.15) is 10.8 Å². The topological polar surface area (TPSA) is 55.0 Å². The van der Waals surface area contributed by atoms with Gasteiger partial charge in [-0.1, -0.05) is 13.3 Å². The molecule has 4 nitrogen and oxygen atoms in total. The van der Waals surface area contributed by atoms with Gasteiger partial charge in [0.25, 0.3) is 0 Å². The molecule has 3 rings (SSSR count). The second kappa shape index (κ2) is 5.79. The van der Waals surface area contributed by atoms with Crippen LogP contribution in [0.3, 0.4) is 0 Å². The van der Waals surface area contributed by atoms with E-state index in [1.54, 1.807) is 12.4 Å². The lowest BCUT2D eigenvalue weighted by Crippen LogP contribution is -2.34. The van der Waals surface area contributed by atoms with E-state index in [1.165, 1.54) is 35.8 Å². The first-order chi connectivity index (χ1) is 9.79. The molecule has 106 valence electrons. The van der Waals surface area contributed by atoms with Crippen molar-refractivity contribution in [1.82, 2.24) is 9.36 Å². The Kier molecular flexibility index (Phi) is 3.87. The lowest BCUT2D eigenvalue weighted by Gasteiger charge is -2.33. The van der Waals surface area contributed by atoms with Crippen LogP contribution in [0.4, 0.5) is 10.8 Å². The number of pyridine rings is 1. The molecule has 1 atom stereocenters. The van der Waals surface area contributed by atoms with Crippen LogP contribution in [0.5, 0.6) is 0 Å². The second-order valence-corrected chi connectivity index (χ2v) is 6.10. The summed E-state index contributed by atoms with van der Waals surface area (Å²) in [6, 6.07) is 4.01. The van der Waals surface area contributed by atoms with Gasteiger partial charge >= 0.3 is 0 Å². The van der Waals surface area contributed by atoms with Gasteiger partial charge in [0.15, 0.2) is 0 Å². The molecule has 1 saturated heterocycles. The van der Waals surface area contributed by atoms with Crippen LogP contribution in [0.1, 0.15) is 26.2 Å². The fourth-order valence-electron chi connectivity index (χ4n) is 2.88. The van der Waals surface area contributed by atoms with E-state index in [-0.39, 0.29) is 0 Å². The molecule has 0 radical (unpaired) electrons. The number of nitrogens with two attached hydrogens (primary N) is 1. The molecule has 3 heterocycles. The van der Waals surface area contributed by atoms with E-state index in [0.29, 0.717) is 5.82 Å². The monoisotopic (exact) mass is 288 g/mol. The van der Waals surface area contributed by atoms with Gasteiger partial charge in [-0.3, -0.25) is 4.98 Å². The SMILES string of the molecule is CCC1CCCN(c2snc(N)c2-c2ccncc2)C1. The predicted octanol–water partition coefficient (Wildman–Crippen LogP) is 3.41. The summed E-state index contributed by atoms with van der Waals surface area (Å²) >= 11 is 1.52. The molecule has 0 saturated carbocycles. The second-order valence-electron chi connectivity index (χ2n) is 5.35. The quantitative estimate of drug-likeness (QED) is 0.940. The Hall–Kier alpha value is -1.62. The zero-order chi connectivity index (χ0) is 13.9. The number of nitrogen functional groups attached to an aromatic ring is 1. The van der Waals surface area contributed by atoms with E-state index in [9.17, 15) is 0 Å². The summed E-state index contributed by atoms with van der Waals surface area (Å²) in [5.74, 6) is 1.42. The fourth-order valence-corrected chi connectivity index (χ4v) is 3.75. The van der Waals surface area contributed by atoms with Gasteiger partial charge in [0.2, 0.25) is 0 Å². The summed E-state index contributed by atoms with van der Waals surface area (Å²) in [7, 11) is 0. The lowest BCUT2D eigenvalue weighted by atomic mass is 9.95. The Labute approximate surface area is 123 Å². The van der Waals surface area contributed by atoms with Crippen LogP contribution >= 0.6 is 11.5 Å². The third-order valence-corrected chi connectivity index (χ3v) is 4.98. The molecule has 0 aromatic carbocycles. The third kappa shape index (κ3) is 2.50. The molecule has 0 spiro atoms. The van der Waals surface area contributed by atoms with Crippen molar-refractivity contribution >= 4 is 22.4 Å². The van der Waals surface area contributed by atoms with Crippen molar-refractivity contribution in [3.63, 3.8) is 0 Å². The van der Waals surface area contributed by atoms with Gasteiger partial charge in [-0.25, -0.2) is 0 Å². The molecule has 5 heteroatoms. The Morgan fingerprint density at radius 3 is 2.95 bits per heavy atom. The van der Waals surface area contributed by atoms with E-state index < -0.39 is 0 Å². The number of rotatable bonds is 3. The lowest BCUT2D eigenvalue weighted by molar-refractivity contribution is 0.406. The number of hydrogen-bond donors (Lipinski definition) is 1. The van der Waals surface area contributed by atoms with Crippen molar-refractivity contribution in [3.8, 4) is 11.1 Å². The Balaban J connectivity index is 1.95. The normalized spacial score (nSPS) is 19.2. The highest BCUT2D eigenvalue weighted by Gasteiger charge is 2.24. The van der Waals surface area contributed by atoms with Crippen LogP contribution in [-0.4, -0.2) is 22.4 Å². The Morgan fingerprint density at radius 2 is 2.20 bits per heavy atom. The van der Waals surface area contributed by atoms with Crippen molar-refractivity contribution in [2.75, 3.05) is 23.7 Å².